The summed E-state index contributed by atoms with van der Waals surface area (Å²) in [6.45, 7) is 4.23. The lowest BCUT2D eigenvalue weighted by Crippen LogP contribution is -2.21. The topological polar surface area (TPSA) is 61.8 Å². The van der Waals surface area contributed by atoms with Gasteiger partial charge in [0.25, 0.3) is 0 Å². The van der Waals surface area contributed by atoms with Crippen LogP contribution in [0.25, 0.3) is 0 Å². The molecule has 116 valence electrons. The number of benzene rings is 1. The van der Waals surface area contributed by atoms with E-state index in [2.05, 4.69) is 0 Å². The number of rotatable bonds is 9. The van der Waals surface area contributed by atoms with Crippen molar-refractivity contribution in [2.75, 3.05) is 19.8 Å². The molecule has 0 aliphatic heterocycles. The fourth-order valence-corrected chi connectivity index (χ4v) is 1.70. The van der Waals surface area contributed by atoms with Gasteiger partial charge < -0.3 is 14.2 Å². The number of ether oxygens (including phenoxy) is 3. The molecule has 1 aromatic carbocycles. The molecule has 0 saturated heterocycles. The maximum Gasteiger partial charge on any atom is 0.302 e. The lowest BCUT2D eigenvalue weighted by molar-refractivity contribution is -0.146. The largest absolute Gasteiger partial charge is 0.465 e. The van der Waals surface area contributed by atoms with Crippen molar-refractivity contribution in [3.63, 3.8) is 0 Å². The Labute approximate surface area is 125 Å². The van der Waals surface area contributed by atoms with E-state index in [0.717, 1.165) is 5.56 Å². The van der Waals surface area contributed by atoms with Crippen molar-refractivity contribution < 1.29 is 23.8 Å². The van der Waals surface area contributed by atoms with E-state index in [1.54, 1.807) is 0 Å². The van der Waals surface area contributed by atoms with Gasteiger partial charge in [0, 0.05) is 26.4 Å². The molecular weight excluding hydrogens is 272 g/mol. The van der Waals surface area contributed by atoms with Gasteiger partial charge in [0.15, 0.2) is 0 Å². The van der Waals surface area contributed by atoms with Crippen LogP contribution in [0, 0.1) is 5.92 Å². The van der Waals surface area contributed by atoms with Crippen LogP contribution in [0.2, 0.25) is 0 Å². The predicted octanol–water partition coefficient (Wildman–Crippen LogP) is 2.34. The molecule has 5 nitrogen and oxygen atoms in total. The van der Waals surface area contributed by atoms with Crippen LogP contribution >= 0.6 is 0 Å². The minimum absolute atomic E-state index is 0.0476. The summed E-state index contributed by atoms with van der Waals surface area (Å²) in [5.41, 5.74) is 1.11. The number of carbonyl (C=O) groups is 2. The smallest absolute Gasteiger partial charge is 0.302 e. The third-order valence-corrected chi connectivity index (χ3v) is 2.83. The van der Waals surface area contributed by atoms with Gasteiger partial charge in [-0.05, 0) is 12.0 Å². The Kier molecular flexibility index (Phi) is 8.12. The molecule has 0 aliphatic rings. The van der Waals surface area contributed by atoms with E-state index in [1.807, 2.05) is 30.3 Å². The lowest BCUT2D eigenvalue weighted by Gasteiger charge is -2.16. The van der Waals surface area contributed by atoms with E-state index in [-0.39, 0.29) is 31.1 Å². The molecule has 0 atom stereocenters. The monoisotopic (exact) mass is 294 g/mol. The summed E-state index contributed by atoms with van der Waals surface area (Å²) in [6, 6.07) is 9.87. The molecule has 21 heavy (non-hydrogen) atoms. The van der Waals surface area contributed by atoms with Gasteiger partial charge >= 0.3 is 11.9 Å². The van der Waals surface area contributed by atoms with Crippen molar-refractivity contribution in [1.82, 2.24) is 0 Å². The molecule has 1 rings (SSSR count). The Bertz CT molecular complexity index is 412. The van der Waals surface area contributed by atoms with Gasteiger partial charge in [0.2, 0.25) is 0 Å². The van der Waals surface area contributed by atoms with E-state index in [0.29, 0.717) is 19.6 Å². The van der Waals surface area contributed by atoms with Gasteiger partial charge in [-0.15, -0.1) is 0 Å². The zero-order valence-electron chi connectivity index (χ0n) is 12.5. The van der Waals surface area contributed by atoms with Crippen LogP contribution in [-0.2, 0) is 30.4 Å². The fraction of sp³-hybridized carbons (Fsp3) is 0.500. The standard InChI is InChI=1S/C16H22O5/c1-13(17)20-11-16(12-21-14(2)18)8-9-19-10-15-6-4-3-5-7-15/h3-7,16H,8-12H2,1-2H3. The first kappa shape index (κ1) is 17.2. The zero-order chi connectivity index (χ0) is 15.5. The van der Waals surface area contributed by atoms with Crippen molar-refractivity contribution in [3.05, 3.63) is 35.9 Å². The second-order valence-corrected chi connectivity index (χ2v) is 4.80. The SMILES string of the molecule is CC(=O)OCC(CCOCc1ccccc1)COC(C)=O. The summed E-state index contributed by atoms with van der Waals surface area (Å²) in [7, 11) is 0. The third-order valence-electron chi connectivity index (χ3n) is 2.83. The van der Waals surface area contributed by atoms with E-state index in [1.165, 1.54) is 13.8 Å². The molecule has 0 fully saturated rings. The maximum atomic E-state index is 10.8. The molecule has 0 radical (unpaired) electrons. The van der Waals surface area contributed by atoms with Crippen molar-refractivity contribution >= 4 is 11.9 Å². The highest BCUT2D eigenvalue weighted by molar-refractivity contribution is 5.66. The summed E-state index contributed by atoms with van der Waals surface area (Å²) in [6.07, 6.45) is 0.660. The van der Waals surface area contributed by atoms with Crippen molar-refractivity contribution in [2.45, 2.75) is 26.9 Å². The molecule has 0 N–H and O–H groups in total. The molecule has 0 aliphatic carbocycles. The van der Waals surface area contributed by atoms with E-state index in [9.17, 15) is 9.59 Å². The molecule has 0 unspecified atom stereocenters. The second-order valence-electron chi connectivity index (χ2n) is 4.80. The second kappa shape index (κ2) is 9.94. The molecular formula is C16H22O5. The van der Waals surface area contributed by atoms with Crippen LogP contribution in [0.15, 0.2) is 30.3 Å². The Morgan fingerprint density at radius 3 is 2.10 bits per heavy atom. The first-order chi connectivity index (χ1) is 10.1. The summed E-state index contributed by atoms with van der Waals surface area (Å²) < 4.78 is 15.5. The summed E-state index contributed by atoms with van der Waals surface area (Å²) in [5.74, 6) is -0.727. The van der Waals surface area contributed by atoms with E-state index in [4.69, 9.17) is 14.2 Å². The van der Waals surface area contributed by atoms with Gasteiger partial charge in [0.05, 0.1) is 19.8 Å². The van der Waals surface area contributed by atoms with Crippen molar-refractivity contribution in [3.8, 4) is 0 Å². The molecule has 0 spiro atoms. The lowest BCUT2D eigenvalue weighted by atomic mass is 10.1. The Morgan fingerprint density at radius 1 is 1.00 bits per heavy atom. The minimum Gasteiger partial charge on any atom is -0.465 e. The highest BCUT2D eigenvalue weighted by Crippen LogP contribution is 2.08. The number of esters is 2. The first-order valence-electron chi connectivity index (χ1n) is 6.96. The normalized spacial score (nSPS) is 10.4. The highest BCUT2D eigenvalue weighted by Gasteiger charge is 2.12. The number of hydrogen-bond donors (Lipinski definition) is 0. The van der Waals surface area contributed by atoms with Gasteiger partial charge in [0.1, 0.15) is 0 Å². The quantitative estimate of drug-likeness (QED) is 0.517. The van der Waals surface area contributed by atoms with Gasteiger partial charge in [-0.1, -0.05) is 30.3 Å². The van der Waals surface area contributed by atoms with Crippen molar-refractivity contribution in [2.24, 2.45) is 5.92 Å². The Morgan fingerprint density at radius 2 is 1.57 bits per heavy atom. The molecule has 5 heteroatoms. The average Bonchev–Trinajstić information content (AvgIpc) is 2.46. The zero-order valence-corrected chi connectivity index (χ0v) is 12.5. The van der Waals surface area contributed by atoms with Gasteiger partial charge in [-0.25, -0.2) is 0 Å². The highest BCUT2D eigenvalue weighted by atomic mass is 16.5. The van der Waals surface area contributed by atoms with E-state index >= 15 is 0 Å². The third kappa shape index (κ3) is 8.81. The predicted molar refractivity (Wildman–Crippen MR) is 77.5 cm³/mol. The van der Waals surface area contributed by atoms with Crippen LogP contribution in [0.1, 0.15) is 25.8 Å². The maximum absolute atomic E-state index is 10.8. The average molecular weight is 294 g/mol. The minimum atomic E-state index is -0.340. The summed E-state index contributed by atoms with van der Waals surface area (Å²) in [4.78, 5) is 21.7. The van der Waals surface area contributed by atoms with Crippen LogP contribution in [0.4, 0.5) is 0 Å². The van der Waals surface area contributed by atoms with Crippen LogP contribution < -0.4 is 0 Å². The van der Waals surface area contributed by atoms with Gasteiger partial charge in [-0.3, -0.25) is 9.59 Å². The Hall–Kier alpha value is -1.88. The molecule has 0 aromatic heterocycles. The molecule has 0 bridgehead atoms. The van der Waals surface area contributed by atoms with Gasteiger partial charge in [-0.2, -0.15) is 0 Å². The molecule has 0 heterocycles. The molecule has 1 aromatic rings. The molecule has 0 amide bonds. The summed E-state index contributed by atoms with van der Waals surface area (Å²) >= 11 is 0. The van der Waals surface area contributed by atoms with Crippen molar-refractivity contribution in [1.29, 1.82) is 0 Å². The van der Waals surface area contributed by atoms with Crippen LogP contribution in [0.3, 0.4) is 0 Å². The van der Waals surface area contributed by atoms with E-state index < -0.39 is 0 Å². The van der Waals surface area contributed by atoms with Crippen LogP contribution in [-0.4, -0.2) is 31.8 Å². The first-order valence-corrected chi connectivity index (χ1v) is 6.96. The van der Waals surface area contributed by atoms with Crippen LogP contribution in [0.5, 0.6) is 0 Å². The summed E-state index contributed by atoms with van der Waals surface area (Å²) in [5, 5.41) is 0. The number of carbonyl (C=O) groups excluding carboxylic acids is 2. The number of hydrogen-bond acceptors (Lipinski definition) is 5. The Balaban J connectivity index is 2.27. The fourth-order valence-electron chi connectivity index (χ4n) is 1.70. The molecule has 0 saturated carbocycles.